The van der Waals surface area contributed by atoms with Crippen molar-refractivity contribution in [1.82, 2.24) is 4.98 Å². The lowest BCUT2D eigenvalue weighted by atomic mass is 10.1. The fourth-order valence-corrected chi connectivity index (χ4v) is 2.35. The highest BCUT2D eigenvalue weighted by Gasteiger charge is 2.21. The van der Waals surface area contributed by atoms with Crippen molar-refractivity contribution in [3.05, 3.63) is 41.7 Å². The Morgan fingerprint density at radius 1 is 1.21 bits per heavy atom. The summed E-state index contributed by atoms with van der Waals surface area (Å²) in [6, 6.07) is 7.86. The molecule has 0 spiro atoms. The molecule has 98 valence electrons. The summed E-state index contributed by atoms with van der Waals surface area (Å²) < 4.78 is 0. The van der Waals surface area contributed by atoms with Crippen LogP contribution in [0.3, 0.4) is 0 Å². The lowest BCUT2D eigenvalue weighted by Crippen LogP contribution is -2.06. The van der Waals surface area contributed by atoms with Crippen molar-refractivity contribution in [2.75, 3.05) is 17.6 Å². The Labute approximate surface area is 117 Å². The topological polar surface area (TPSA) is 50.9 Å². The molecule has 3 N–H and O–H groups in total. The van der Waals surface area contributed by atoms with Gasteiger partial charge in [0.25, 0.3) is 0 Å². The molecule has 0 amide bonds. The minimum Gasteiger partial charge on any atom is -0.396 e. The molecule has 0 bridgehead atoms. The summed E-state index contributed by atoms with van der Waals surface area (Å²) in [7, 11) is 0. The van der Waals surface area contributed by atoms with Crippen LogP contribution in [0, 0.1) is 5.92 Å². The van der Waals surface area contributed by atoms with E-state index in [1.807, 2.05) is 24.3 Å². The molecule has 1 saturated carbocycles. The SMILES string of the molecule is Nc1c(NCC2CC2)ccc(-c2ccncc2)c1Cl. The third-order valence-electron chi connectivity index (χ3n) is 3.45. The number of nitrogen functional groups attached to an aromatic ring is 1. The van der Waals surface area contributed by atoms with E-state index in [-0.39, 0.29) is 0 Å². The van der Waals surface area contributed by atoms with Crippen molar-refractivity contribution < 1.29 is 0 Å². The van der Waals surface area contributed by atoms with Gasteiger partial charge in [-0.25, -0.2) is 0 Å². The van der Waals surface area contributed by atoms with Gasteiger partial charge in [-0.05, 0) is 42.5 Å². The van der Waals surface area contributed by atoms with Crippen LogP contribution in [0.25, 0.3) is 11.1 Å². The number of pyridine rings is 1. The van der Waals surface area contributed by atoms with Gasteiger partial charge < -0.3 is 11.1 Å². The second-order valence-electron chi connectivity index (χ2n) is 4.95. The van der Waals surface area contributed by atoms with E-state index in [0.717, 1.165) is 29.3 Å². The highest BCUT2D eigenvalue weighted by molar-refractivity contribution is 6.36. The first-order valence-electron chi connectivity index (χ1n) is 6.48. The Morgan fingerprint density at radius 2 is 1.95 bits per heavy atom. The maximum atomic E-state index is 6.38. The van der Waals surface area contributed by atoms with Crippen LogP contribution < -0.4 is 11.1 Å². The zero-order valence-corrected chi connectivity index (χ0v) is 11.3. The summed E-state index contributed by atoms with van der Waals surface area (Å²) >= 11 is 6.38. The summed E-state index contributed by atoms with van der Waals surface area (Å²) in [5, 5.41) is 3.98. The largest absolute Gasteiger partial charge is 0.396 e. The molecule has 3 rings (SSSR count). The number of halogens is 1. The van der Waals surface area contributed by atoms with Crippen LogP contribution in [-0.4, -0.2) is 11.5 Å². The highest BCUT2D eigenvalue weighted by Crippen LogP contribution is 2.37. The second-order valence-corrected chi connectivity index (χ2v) is 5.33. The van der Waals surface area contributed by atoms with E-state index in [4.69, 9.17) is 17.3 Å². The molecule has 3 nitrogen and oxygen atoms in total. The summed E-state index contributed by atoms with van der Waals surface area (Å²) in [6.07, 6.45) is 6.13. The number of rotatable bonds is 4. The first-order chi connectivity index (χ1) is 9.25. The molecule has 1 aliphatic carbocycles. The zero-order valence-electron chi connectivity index (χ0n) is 10.6. The van der Waals surface area contributed by atoms with Crippen LogP contribution in [0.1, 0.15) is 12.8 Å². The summed E-state index contributed by atoms with van der Waals surface area (Å²) in [4.78, 5) is 4.01. The molecule has 1 aliphatic rings. The van der Waals surface area contributed by atoms with Crippen LogP contribution in [0.15, 0.2) is 36.7 Å². The molecule has 0 atom stereocenters. The van der Waals surface area contributed by atoms with Gasteiger partial charge in [-0.2, -0.15) is 0 Å². The van der Waals surface area contributed by atoms with E-state index in [9.17, 15) is 0 Å². The maximum absolute atomic E-state index is 6.38. The van der Waals surface area contributed by atoms with Crippen molar-refractivity contribution in [1.29, 1.82) is 0 Å². The van der Waals surface area contributed by atoms with E-state index in [1.165, 1.54) is 12.8 Å². The van der Waals surface area contributed by atoms with Gasteiger partial charge in [0.05, 0.1) is 16.4 Å². The number of nitrogens with two attached hydrogens (primary N) is 1. The molecule has 1 fully saturated rings. The van der Waals surface area contributed by atoms with Crippen molar-refractivity contribution in [2.45, 2.75) is 12.8 Å². The Bertz CT molecular complexity index is 579. The van der Waals surface area contributed by atoms with Gasteiger partial charge in [-0.15, -0.1) is 0 Å². The molecule has 19 heavy (non-hydrogen) atoms. The molecule has 0 aliphatic heterocycles. The second kappa shape index (κ2) is 5.10. The van der Waals surface area contributed by atoms with Crippen molar-refractivity contribution in [3.63, 3.8) is 0 Å². The molecule has 0 unspecified atom stereocenters. The molecule has 1 aromatic heterocycles. The van der Waals surface area contributed by atoms with Gasteiger partial charge in [-0.3, -0.25) is 4.98 Å². The predicted molar refractivity (Wildman–Crippen MR) is 80.3 cm³/mol. The van der Waals surface area contributed by atoms with Gasteiger partial charge in [0.2, 0.25) is 0 Å². The van der Waals surface area contributed by atoms with Crippen molar-refractivity contribution in [3.8, 4) is 11.1 Å². The molecule has 2 aromatic rings. The van der Waals surface area contributed by atoms with Gasteiger partial charge in [0, 0.05) is 24.5 Å². The average molecular weight is 274 g/mol. The first-order valence-corrected chi connectivity index (χ1v) is 6.86. The van der Waals surface area contributed by atoms with Crippen LogP contribution >= 0.6 is 11.6 Å². The van der Waals surface area contributed by atoms with Gasteiger partial charge >= 0.3 is 0 Å². The number of hydrogen-bond donors (Lipinski definition) is 2. The Hall–Kier alpha value is -1.74. The Kier molecular flexibility index (Phi) is 3.30. The van der Waals surface area contributed by atoms with E-state index >= 15 is 0 Å². The van der Waals surface area contributed by atoms with Crippen LogP contribution in [0.4, 0.5) is 11.4 Å². The summed E-state index contributed by atoms with van der Waals surface area (Å²) in [5.41, 5.74) is 9.64. The molecule has 4 heteroatoms. The first kappa shape index (κ1) is 12.3. The van der Waals surface area contributed by atoms with E-state index in [0.29, 0.717) is 10.7 Å². The Balaban J connectivity index is 1.89. The number of benzene rings is 1. The fourth-order valence-electron chi connectivity index (χ4n) is 2.08. The van der Waals surface area contributed by atoms with E-state index < -0.39 is 0 Å². The summed E-state index contributed by atoms with van der Waals surface area (Å²) in [5.74, 6) is 0.804. The van der Waals surface area contributed by atoms with Gasteiger partial charge in [0.1, 0.15) is 0 Å². The average Bonchev–Trinajstić information content (AvgIpc) is 3.26. The predicted octanol–water partition coefficient (Wildman–Crippen LogP) is 3.81. The van der Waals surface area contributed by atoms with Crippen molar-refractivity contribution >= 4 is 23.0 Å². The molecular weight excluding hydrogens is 258 g/mol. The zero-order chi connectivity index (χ0) is 13.2. The number of nitrogens with zero attached hydrogens (tertiary/aromatic N) is 1. The molecule has 1 heterocycles. The third-order valence-corrected chi connectivity index (χ3v) is 3.86. The fraction of sp³-hybridized carbons (Fsp3) is 0.267. The Morgan fingerprint density at radius 3 is 2.63 bits per heavy atom. The van der Waals surface area contributed by atoms with Crippen molar-refractivity contribution in [2.24, 2.45) is 5.92 Å². The quantitative estimate of drug-likeness (QED) is 0.833. The third kappa shape index (κ3) is 2.66. The van der Waals surface area contributed by atoms with Crippen LogP contribution in [0.2, 0.25) is 5.02 Å². The minimum absolute atomic E-state index is 0.604. The number of hydrogen-bond acceptors (Lipinski definition) is 3. The molecular formula is C15H16ClN3. The lowest BCUT2D eigenvalue weighted by Gasteiger charge is -2.13. The monoisotopic (exact) mass is 273 g/mol. The van der Waals surface area contributed by atoms with Crippen LogP contribution in [-0.2, 0) is 0 Å². The smallest absolute Gasteiger partial charge is 0.0745 e. The number of aromatic nitrogens is 1. The molecule has 0 radical (unpaired) electrons. The van der Waals surface area contributed by atoms with E-state index in [1.54, 1.807) is 12.4 Å². The summed E-state index contributed by atoms with van der Waals surface area (Å²) in [6.45, 7) is 0.981. The normalized spacial score (nSPS) is 14.4. The minimum atomic E-state index is 0.604. The maximum Gasteiger partial charge on any atom is 0.0745 e. The van der Waals surface area contributed by atoms with E-state index in [2.05, 4.69) is 10.3 Å². The number of anilines is 2. The molecule has 0 saturated heterocycles. The van der Waals surface area contributed by atoms with Gasteiger partial charge in [0.15, 0.2) is 0 Å². The molecule has 1 aromatic carbocycles. The standard InChI is InChI=1S/C15H16ClN3/c16-14-12(11-5-7-18-8-6-11)3-4-13(15(14)17)19-9-10-1-2-10/h3-8,10,19H,1-2,9,17H2. The number of nitrogens with one attached hydrogen (secondary N) is 1. The highest BCUT2D eigenvalue weighted by atomic mass is 35.5. The van der Waals surface area contributed by atoms with Gasteiger partial charge in [-0.1, -0.05) is 17.7 Å². The van der Waals surface area contributed by atoms with Crippen LogP contribution in [0.5, 0.6) is 0 Å². The lowest BCUT2D eigenvalue weighted by molar-refractivity contribution is 0.890.